The van der Waals surface area contributed by atoms with Crippen molar-refractivity contribution in [3.63, 3.8) is 0 Å². The lowest BCUT2D eigenvalue weighted by Crippen LogP contribution is -2.47. The van der Waals surface area contributed by atoms with Crippen LogP contribution in [0, 0.1) is 0 Å². The molecule has 1 aromatic carbocycles. The number of alkyl halides is 6. The maximum absolute atomic E-state index is 12.7. The van der Waals surface area contributed by atoms with E-state index in [1.165, 1.54) is 0 Å². The number of hydrogen-bond donors (Lipinski definition) is 1. The number of hydrogen-bond acceptors (Lipinski definition) is 2. The van der Waals surface area contributed by atoms with E-state index in [9.17, 15) is 31.1 Å². The Morgan fingerprint density at radius 1 is 0.952 bits per heavy atom. The molecule has 9 heteroatoms. The summed E-state index contributed by atoms with van der Waals surface area (Å²) in [5.74, 6) is -0.452. The number of benzene rings is 1. The minimum atomic E-state index is -4.91. The van der Waals surface area contributed by atoms with Crippen LogP contribution in [-0.4, -0.2) is 12.5 Å². The van der Waals surface area contributed by atoms with Gasteiger partial charge in [0.2, 0.25) is 5.91 Å². The van der Waals surface area contributed by atoms with Crippen LogP contribution in [0.2, 0.25) is 0 Å². The highest BCUT2D eigenvalue weighted by Crippen LogP contribution is 2.38. The third-order valence-electron chi connectivity index (χ3n) is 2.93. The van der Waals surface area contributed by atoms with Crippen LogP contribution in [0.3, 0.4) is 0 Å². The van der Waals surface area contributed by atoms with Crippen LogP contribution < -0.4 is 10.4 Å². The summed E-state index contributed by atoms with van der Waals surface area (Å²) < 4.78 is 76.2. The van der Waals surface area contributed by atoms with Crippen LogP contribution >= 0.6 is 0 Å². The van der Waals surface area contributed by atoms with Gasteiger partial charge in [-0.3, -0.25) is 15.2 Å². The number of nitrogens with one attached hydrogen (secondary N) is 1. The van der Waals surface area contributed by atoms with Crippen molar-refractivity contribution in [2.45, 2.75) is 25.2 Å². The van der Waals surface area contributed by atoms with Gasteiger partial charge in [-0.25, -0.2) is 0 Å². The van der Waals surface area contributed by atoms with Crippen LogP contribution in [0.15, 0.2) is 18.2 Å². The molecule has 1 saturated heterocycles. The summed E-state index contributed by atoms with van der Waals surface area (Å²) in [7, 11) is 0. The first kappa shape index (κ1) is 15.5. The van der Waals surface area contributed by atoms with Gasteiger partial charge in [-0.05, 0) is 24.6 Å². The van der Waals surface area contributed by atoms with E-state index in [0.717, 1.165) is 5.01 Å². The Labute approximate surface area is 115 Å². The summed E-state index contributed by atoms with van der Waals surface area (Å²) in [6, 6.07) is 1.22. The lowest BCUT2D eigenvalue weighted by atomic mass is 10.1. The van der Waals surface area contributed by atoms with Gasteiger partial charge in [-0.1, -0.05) is 0 Å². The quantitative estimate of drug-likeness (QED) is 0.807. The molecule has 0 aromatic heterocycles. The molecule has 1 aromatic rings. The van der Waals surface area contributed by atoms with E-state index in [2.05, 4.69) is 5.43 Å². The average Bonchev–Trinajstić information content (AvgIpc) is 2.36. The predicted octanol–water partition coefficient (Wildman–Crippen LogP) is 3.36. The second kappa shape index (κ2) is 5.12. The fourth-order valence-electron chi connectivity index (χ4n) is 1.95. The predicted molar refractivity (Wildman–Crippen MR) is 61.2 cm³/mol. The summed E-state index contributed by atoms with van der Waals surface area (Å²) in [6.45, 7) is 0.143. The van der Waals surface area contributed by atoms with Crippen LogP contribution in [0.1, 0.15) is 24.0 Å². The first-order chi connectivity index (χ1) is 9.57. The number of amides is 1. The summed E-state index contributed by atoms with van der Waals surface area (Å²) >= 11 is 0. The van der Waals surface area contributed by atoms with Crippen LogP contribution in [0.4, 0.5) is 32.0 Å². The van der Waals surface area contributed by atoms with Crippen molar-refractivity contribution in [1.82, 2.24) is 5.43 Å². The van der Waals surface area contributed by atoms with E-state index in [4.69, 9.17) is 0 Å². The number of rotatable bonds is 1. The molecule has 1 amide bonds. The first-order valence-electron chi connectivity index (χ1n) is 5.94. The second-order valence-electron chi connectivity index (χ2n) is 4.55. The highest BCUT2D eigenvalue weighted by Gasteiger charge is 2.37. The smallest absolute Gasteiger partial charge is 0.286 e. The molecule has 1 heterocycles. The third-order valence-corrected chi connectivity index (χ3v) is 2.93. The number of carbonyl (C=O) groups is 1. The second-order valence-corrected chi connectivity index (χ2v) is 4.55. The van der Waals surface area contributed by atoms with Crippen molar-refractivity contribution in [1.29, 1.82) is 0 Å². The molecule has 2 rings (SSSR count). The van der Waals surface area contributed by atoms with Gasteiger partial charge in [-0.2, -0.15) is 26.3 Å². The van der Waals surface area contributed by atoms with Gasteiger partial charge in [0, 0.05) is 13.0 Å². The fourth-order valence-corrected chi connectivity index (χ4v) is 1.95. The van der Waals surface area contributed by atoms with Crippen molar-refractivity contribution >= 4 is 11.6 Å². The molecule has 1 N–H and O–H groups in total. The van der Waals surface area contributed by atoms with Gasteiger partial charge in [0.05, 0.1) is 16.8 Å². The number of anilines is 1. The largest absolute Gasteiger partial charge is 0.416 e. The van der Waals surface area contributed by atoms with Crippen molar-refractivity contribution < 1.29 is 31.1 Å². The van der Waals surface area contributed by atoms with Crippen LogP contribution in [0.5, 0.6) is 0 Å². The molecule has 1 aliphatic rings. The van der Waals surface area contributed by atoms with E-state index in [1.54, 1.807) is 0 Å². The SMILES string of the molecule is O=C1CCCN(c2cc(C(F)(F)F)cc(C(F)(F)F)c2)N1. The maximum Gasteiger partial charge on any atom is 0.416 e. The van der Waals surface area contributed by atoms with E-state index >= 15 is 0 Å². The monoisotopic (exact) mass is 312 g/mol. The topological polar surface area (TPSA) is 32.3 Å². The lowest BCUT2D eigenvalue weighted by Gasteiger charge is -2.30. The summed E-state index contributed by atoms with van der Waals surface area (Å²) in [6.07, 6.45) is -9.28. The molecule has 0 aliphatic carbocycles. The molecular weight excluding hydrogens is 302 g/mol. The number of hydrazine groups is 1. The molecule has 0 unspecified atom stereocenters. The van der Waals surface area contributed by atoms with E-state index in [1.807, 2.05) is 0 Å². The molecule has 0 spiro atoms. The van der Waals surface area contributed by atoms with Crippen molar-refractivity contribution in [3.05, 3.63) is 29.3 Å². The van der Waals surface area contributed by atoms with E-state index < -0.39 is 29.4 Å². The van der Waals surface area contributed by atoms with Crippen molar-refractivity contribution in [3.8, 4) is 0 Å². The normalized spacial score (nSPS) is 16.9. The summed E-state index contributed by atoms with van der Waals surface area (Å²) in [5.41, 5.74) is -0.913. The van der Waals surface area contributed by atoms with Crippen LogP contribution in [-0.2, 0) is 17.1 Å². The van der Waals surface area contributed by atoms with Gasteiger partial charge in [-0.15, -0.1) is 0 Å². The highest BCUT2D eigenvalue weighted by molar-refractivity contribution is 5.79. The van der Waals surface area contributed by atoms with Crippen LogP contribution in [0.25, 0.3) is 0 Å². The Kier molecular flexibility index (Phi) is 3.77. The van der Waals surface area contributed by atoms with Crippen molar-refractivity contribution in [2.75, 3.05) is 11.6 Å². The highest BCUT2D eigenvalue weighted by atomic mass is 19.4. The molecular formula is C12H10F6N2O. The lowest BCUT2D eigenvalue weighted by molar-refractivity contribution is -0.143. The Morgan fingerprint density at radius 2 is 1.48 bits per heavy atom. The van der Waals surface area contributed by atoms with Gasteiger partial charge in [0.25, 0.3) is 0 Å². The fraction of sp³-hybridized carbons (Fsp3) is 0.417. The Bertz CT molecular complexity index is 519. The molecule has 0 atom stereocenters. The van der Waals surface area contributed by atoms with Crippen molar-refractivity contribution in [2.24, 2.45) is 0 Å². The maximum atomic E-state index is 12.7. The minimum Gasteiger partial charge on any atom is -0.286 e. The standard InChI is InChI=1S/C12H10F6N2O/c13-11(14,15)7-4-8(12(16,17)18)6-9(5-7)20-3-1-2-10(21)19-20/h4-6H,1-3H2,(H,19,21). The number of halogens is 6. The van der Waals surface area contributed by atoms with E-state index in [-0.39, 0.29) is 24.7 Å². The molecule has 0 radical (unpaired) electrons. The molecule has 21 heavy (non-hydrogen) atoms. The Morgan fingerprint density at radius 3 is 1.90 bits per heavy atom. The molecule has 116 valence electrons. The van der Waals surface area contributed by atoms with Gasteiger partial charge in [0.1, 0.15) is 0 Å². The molecule has 0 saturated carbocycles. The summed E-state index contributed by atoms with van der Waals surface area (Å²) in [4.78, 5) is 11.2. The summed E-state index contributed by atoms with van der Waals surface area (Å²) in [5, 5.41) is 0.996. The number of nitrogens with zero attached hydrogens (tertiary/aromatic N) is 1. The van der Waals surface area contributed by atoms with Gasteiger partial charge in [0.15, 0.2) is 0 Å². The number of carbonyl (C=O) groups excluding carboxylic acids is 1. The first-order valence-corrected chi connectivity index (χ1v) is 5.94. The molecule has 3 nitrogen and oxygen atoms in total. The molecule has 1 aliphatic heterocycles. The zero-order valence-corrected chi connectivity index (χ0v) is 10.5. The molecule has 1 fully saturated rings. The zero-order chi connectivity index (χ0) is 15.8. The van der Waals surface area contributed by atoms with Gasteiger partial charge < -0.3 is 0 Å². The Balaban J connectivity index is 2.47. The minimum absolute atomic E-state index is 0.0509. The zero-order valence-electron chi connectivity index (χ0n) is 10.5. The average molecular weight is 312 g/mol. The van der Waals surface area contributed by atoms with Gasteiger partial charge >= 0.3 is 12.4 Å². The van der Waals surface area contributed by atoms with E-state index in [0.29, 0.717) is 18.6 Å². The Hall–Kier alpha value is -1.93. The molecule has 0 bridgehead atoms. The third kappa shape index (κ3) is 3.59.